The van der Waals surface area contributed by atoms with Crippen molar-refractivity contribution >= 4 is 35.3 Å². The van der Waals surface area contributed by atoms with Crippen molar-refractivity contribution in [1.29, 1.82) is 0 Å². The van der Waals surface area contributed by atoms with Crippen molar-refractivity contribution in [2.75, 3.05) is 6.79 Å². The first kappa shape index (κ1) is 15.6. The van der Waals surface area contributed by atoms with Gasteiger partial charge in [-0.15, -0.1) is 0 Å². The SMILES string of the molecule is Cc1ccc(C(=O)NN=Cc2cc3c(cc2Cl)OCO3)c(Cl)c1. The maximum absolute atomic E-state index is 12.1. The first-order valence-corrected chi connectivity index (χ1v) is 7.49. The average Bonchev–Trinajstić information content (AvgIpc) is 2.94. The highest BCUT2D eigenvalue weighted by Gasteiger charge is 2.16. The Hall–Kier alpha value is -2.24. The molecule has 1 amide bonds. The molecule has 7 heteroatoms. The molecule has 2 aromatic rings. The van der Waals surface area contributed by atoms with E-state index in [-0.39, 0.29) is 6.79 Å². The van der Waals surface area contributed by atoms with Crippen molar-refractivity contribution < 1.29 is 14.3 Å². The number of aryl methyl sites for hydroxylation is 1. The van der Waals surface area contributed by atoms with Gasteiger partial charge in [-0.3, -0.25) is 4.79 Å². The Kier molecular flexibility index (Phi) is 4.41. The molecule has 3 rings (SSSR count). The molecule has 0 radical (unpaired) electrons. The quantitative estimate of drug-likeness (QED) is 0.676. The summed E-state index contributed by atoms with van der Waals surface area (Å²) in [6.45, 7) is 2.06. The zero-order chi connectivity index (χ0) is 16.4. The topological polar surface area (TPSA) is 59.9 Å². The molecule has 0 saturated carbocycles. The molecule has 0 atom stereocenters. The molecule has 1 aliphatic heterocycles. The fraction of sp³-hybridized carbons (Fsp3) is 0.125. The van der Waals surface area contributed by atoms with E-state index in [4.69, 9.17) is 32.7 Å². The van der Waals surface area contributed by atoms with Crippen molar-refractivity contribution in [2.45, 2.75) is 6.92 Å². The Balaban J connectivity index is 1.73. The van der Waals surface area contributed by atoms with Crippen LogP contribution in [0.2, 0.25) is 10.0 Å². The van der Waals surface area contributed by atoms with Gasteiger partial charge in [0, 0.05) is 11.6 Å². The zero-order valence-electron chi connectivity index (χ0n) is 12.1. The van der Waals surface area contributed by atoms with Gasteiger partial charge in [-0.25, -0.2) is 5.43 Å². The number of rotatable bonds is 3. The second-order valence-electron chi connectivity index (χ2n) is 4.91. The summed E-state index contributed by atoms with van der Waals surface area (Å²) in [6, 6.07) is 8.51. The molecule has 1 N–H and O–H groups in total. The predicted octanol–water partition coefficient (Wildman–Crippen LogP) is 3.79. The summed E-state index contributed by atoms with van der Waals surface area (Å²) < 4.78 is 10.5. The summed E-state index contributed by atoms with van der Waals surface area (Å²) in [7, 11) is 0. The van der Waals surface area contributed by atoms with E-state index in [1.54, 1.807) is 30.3 Å². The van der Waals surface area contributed by atoms with Gasteiger partial charge in [0.1, 0.15) is 0 Å². The number of ether oxygens (including phenoxy) is 2. The lowest BCUT2D eigenvalue weighted by Gasteiger charge is -2.04. The number of nitrogens with zero attached hydrogens (tertiary/aromatic N) is 1. The number of fused-ring (bicyclic) bond motifs is 1. The van der Waals surface area contributed by atoms with Crippen LogP contribution < -0.4 is 14.9 Å². The molecule has 0 aliphatic carbocycles. The van der Waals surface area contributed by atoms with Crippen LogP contribution >= 0.6 is 23.2 Å². The van der Waals surface area contributed by atoms with Gasteiger partial charge in [0.2, 0.25) is 6.79 Å². The van der Waals surface area contributed by atoms with E-state index < -0.39 is 5.91 Å². The number of hydrogen-bond donors (Lipinski definition) is 1. The van der Waals surface area contributed by atoms with E-state index in [9.17, 15) is 4.79 Å². The summed E-state index contributed by atoms with van der Waals surface area (Å²) in [5, 5.41) is 4.72. The van der Waals surface area contributed by atoms with E-state index in [2.05, 4.69) is 10.5 Å². The number of carbonyl (C=O) groups is 1. The monoisotopic (exact) mass is 350 g/mol. The maximum atomic E-state index is 12.1. The molecule has 23 heavy (non-hydrogen) atoms. The van der Waals surface area contributed by atoms with Gasteiger partial charge >= 0.3 is 0 Å². The Morgan fingerprint density at radius 2 is 1.91 bits per heavy atom. The number of amides is 1. The van der Waals surface area contributed by atoms with Gasteiger partial charge in [0.25, 0.3) is 5.91 Å². The summed E-state index contributed by atoms with van der Waals surface area (Å²) in [5.74, 6) is 0.773. The number of benzene rings is 2. The zero-order valence-corrected chi connectivity index (χ0v) is 13.6. The standard InChI is InChI=1S/C16H12Cl2N2O3/c1-9-2-3-11(13(18)4-9)16(21)20-19-7-10-5-14-15(6-12(10)17)23-8-22-14/h2-7H,8H2,1H3,(H,20,21). The van der Waals surface area contributed by atoms with E-state index in [1.807, 2.05) is 6.92 Å². The van der Waals surface area contributed by atoms with Crippen molar-refractivity contribution in [2.24, 2.45) is 5.10 Å². The Labute approximate surface area is 142 Å². The van der Waals surface area contributed by atoms with E-state index in [0.29, 0.717) is 32.7 Å². The molecule has 118 valence electrons. The molecular formula is C16H12Cl2N2O3. The van der Waals surface area contributed by atoms with Crippen LogP contribution in [0, 0.1) is 6.92 Å². The molecule has 0 aromatic heterocycles. The van der Waals surface area contributed by atoms with Crippen molar-refractivity contribution in [1.82, 2.24) is 5.43 Å². The molecule has 0 unspecified atom stereocenters. The summed E-state index contributed by atoms with van der Waals surface area (Å²) in [6.07, 6.45) is 1.43. The predicted molar refractivity (Wildman–Crippen MR) is 88.8 cm³/mol. The normalized spacial score (nSPS) is 12.7. The van der Waals surface area contributed by atoms with Crippen LogP contribution in [-0.4, -0.2) is 18.9 Å². The molecule has 1 aliphatic rings. The highest BCUT2D eigenvalue weighted by molar-refractivity contribution is 6.34. The van der Waals surface area contributed by atoms with Crippen molar-refractivity contribution in [3.05, 3.63) is 57.1 Å². The van der Waals surface area contributed by atoms with Gasteiger partial charge in [0.15, 0.2) is 11.5 Å². The minimum absolute atomic E-state index is 0.162. The minimum Gasteiger partial charge on any atom is -0.454 e. The Morgan fingerprint density at radius 3 is 2.65 bits per heavy atom. The maximum Gasteiger partial charge on any atom is 0.272 e. The fourth-order valence-corrected chi connectivity index (χ4v) is 2.58. The lowest BCUT2D eigenvalue weighted by Crippen LogP contribution is -2.18. The molecular weight excluding hydrogens is 339 g/mol. The molecule has 1 heterocycles. The van der Waals surface area contributed by atoms with Gasteiger partial charge < -0.3 is 9.47 Å². The van der Waals surface area contributed by atoms with Crippen molar-refractivity contribution in [3.8, 4) is 11.5 Å². The lowest BCUT2D eigenvalue weighted by molar-refractivity contribution is 0.0955. The van der Waals surface area contributed by atoms with Crippen LogP contribution in [0.1, 0.15) is 21.5 Å². The highest BCUT2D eigenvalue weighted by Crippen LogP contribution is 2.36. The van der Waals surface area contributed by atoms with Gasteiger partial charge in [-0.1, -0.05) is 29.3 Å². The summed E-state index contributed by atoms with van der Waals surface area (Å²) in [4.78, 5) is 12.1. The number of hydrogen-bond acceptors (Lipinski definition) is 4. The Morgan fingerprint density at radius 1 is 1.17 bits per heavy atom. The van der Waals surface area contributed by atoms with Crippen LogP contribution in [-0.2, 0) is 0 Å². The molecule has 0 fully saturated rings. The number of nitrogens with one attached hydrogen (secondary N) is 1. The van der Waals surface area contributed by atoms with Crippen LogP contribution in [0.3, 0.4) is 0 Å². The van der Waals surface area contributed by atoms with Crippen LogP contribution in [0.4, 0.5) is 0 Å². The number of halogens is 2. The van der Waals surface area contributed by atoms with E-state index in [1.165, 1.54) is 6.21 Å². The van der Waals surface area contributed by atoms with E-state index >= 15 is 0 Å². The van der Waals surface area contributed by atoms with Gasteiger partial charge in [-0.05, 0) is 30.7 Å². The third-order valence-corrected chi connectivity index (χ3v) is 3.87. The lowest BCUT2D eigenvalue weighted by atomic mass is 10.1. The van der Waals surface area contributed by atoms with Gasteiger partial charge in [0.05, 0.1) is 21.8 Å². The summed E-state index contributed by atoms with van der Waals surface area (Å²) >= 11 is 12.2. The minimum atomic E-state index is -0.400. The molecule has 0 bridgehead atoms. The average molecular weight is 351 g/mol. The highest BCUT2D eigenvalue weighted by atomic mass is 35.5. The smallest absolute Gasteiger partial charge is 0.272 e. The van der Waals surface area contributed by atoms with Gasteiger partial charge in [-0.2, -0.15) is 5.10 Å². The largest absolute Gasteiger partial charge is 0.454 e. The third kappa shape index (κ3) is 3.41. The number of carbonyl (C=O) groups excluding carboxylic acids is 1. The molecule has 0 spiro atoms. The van der Waals surface area contributed by atoms with Crippen molar-refractivity contribution in [3.63, 3.8) is 0 Å². The number of hydrazone groups is 1. The van der Waals surface area contributed by atoms with Crippen LogP contribution in [0.5, 0.6) is 11.5 Å². The second-order valence-corrected chi connectivity index (χ2v) is 5.72. The van der Waals surface area contributed by atoms with Crippen LogP contribution in [0.15, 0.2) is 35.4 Å². The molecule has 5 nitrogen and oxygen atoms in total. The first-order chi connectivity index (χ1) is 11.0. The Bertz CT molecular complexity index is 806. The summed E-state index contributed by atoms with van der Waals surface area (Å²) in [5.41, 5.74) is 4.35. The molecule has 0 saturated heterocycles. The van der Waals surface area contributed by atoms with Crippen LogP contribution in [0.25, 0.3) is 0 Å². The fourth-order valence-electron chi connectivity index (χ4n) is 2.06. The molecule has 2 aromatic carbocycles. The van der Waals surface area contributed by atoms with E-state index in [0.717, 1.165) is 5.56 Å². The third-order valence-electron chi connectivity index (χ3n) is 3.23. The first-order valence-electron chi connectivity index (χ1n) is 6.73. The second kappa shape index (κ2) is 6.48.